The van der Waals surface area contributed by atoms with Crippen LogP contribution in [-0.4, -0.2) is 61.0 Å². The number of carbonyl (C=O) groups excluding carboxylic acids is 3. The van der Waals surface area contributed by atoms with Crippen molar-refractivity contribution in [1.29, 1.82) is 0 Å². The minimum absolute atomic E-state index is 0.0998. The lowest BCUT2D eigenvalue weighted by atomic mass is 9.94. The summed E-state index contributed by atoms with van der Waals surface area (Å²) in [6.45, 7) is 0.592. The Hall–Kier alpha value is -1.63. The van der Waals surface area contributed by atoms with Crippen LogP contribution in [0.4, 0.5) is 0 Å². The van der Waals surface area contributed by atoms with Gasteiger partial charge in [-0.2, -0.15) is 0 Å². The third-order valence-corrected chi connectivity index (χ3v) is 3.06. The van der Waals surface area contributed by atoms with Crippen LogP contribution in [0.1, 0.15) is 12.8 Å². The SMILES string of the molecule is CN(C)C(=O)C(O)C(CC1CCNC1=O)NC=O. The average molecular weight is 257 g/mol. The lowest BCUT2D eigenvalue weighted by Crippen LogP contribution is -2.49. The molecule has 3 unspecified atom stereocenters. The Bertz CT molecular complexity index is 332. The normalized spacial score (nSPS) is 21.9. The van der Waals surface area contributed by atoms with Gasteiger partial charge in [-0.3, -0.25) is 14.4 Å². The molecule has 18 heavy (non-hydrogen) atoms. The number of hydrogen-bond acceptors (Lipinski definition) is 4. The molecule has 1 rings (SSSR count). The lowest BCUT2D eigenvalue weighted by molar-refractivity contribution is -0.140. The summed E-state index contributed by atoms with van der Waals surface area (Å²) in [5.41, 5.74) is 0. The fourth-order valence-electron chi connectivity index (χ4n) is 1.99. The maximum atomic E-state index is 11.6. The molecule has 0 spiro atoms. The first-order valence-corrected chi connectivity index (χ1v) is 5.84. The first-order chi connectivity index (χ1) is 8.47. The van der Waals surface area contributed by atoms with E-state index in [0.717, 1.165) is 0 Å². The van der Waals surface area contributed by atoms with E-state index in [-0.39, 0.29) is 18.2 Å². The van der Waals surface area contributed by atoms with E-state index >= 15 is 0 Å². The molecule has 1 aliphatic rings. The van der Waals surface area contributed by atoms with Crippen molar-refractivity contribution in [3.63, 3.8) is 0 Å². The summed E-state index contributed by atoms with van der Waals surface area (Å²) in [5, 5.41) is 15.0. The third-order valence-electron chi connectivity index (χ3n) is 3.06. The molecule has 7 nitrogen and oxygen atoms in total. The fourth-order valence-corrected chi connectivity index (χ4v) is 1.99. The van der Waals surface area contributed by atoms with Gasteiger partial charge in [0.25, 0.3) is 5.91 Å². The third kappa shape index (κ3) is 3.43. The summed E-state index contributed by atoms with van der Waals surface area (Å²) >= 11 is 0. The summed E-state index contributed by atoms with van der Waals surface area (Å²) < 4.78 is 0. The number of aliphatic hydroxyl groups excluding tert-OH is 1. The van der Waals surface area contributed by atoms with Gasteiger partial charge in [0.05, 0.1) is 6.04 Å². The minimum Gasteiger partial charge on any atom is -0.381 e. The number of likely N-dealkylation sites (N-methyl/N-ethyl adjacent to an activating group) is 1. The van der Waals surface area contributed by atoms with Crippen LogP contribution in [0.2, 0.25) is 0 Å². The highest BCUT2D eigenvalue weighted by molar-refractivity contribution is 5.82. The van der Waals surface area contributed by atoms with Crippen LogP contribution in [-0.2, 0) is 14.4 Å². The van der Waals surface area contributed by atoms with Crippen LogP contribution >= 0.6 is 0 Å². The molecule has 0 aromatic carbocycles. The molecule has 0 aromatic rings. The van der Waals surface area contributed by atoms with Crippen molar-refractivity contribution in [2.45, 2.75) is 25.0 Å². The van der Waals surface area contributed by atoms with Crippen LogP contribution in [0.5, 0.6) is 0 Å². The second-order valence-electron chi connectivity index (χ2n) is 4.58. The second kappa shape index (κ2) is 6.34. The average Bonchev–Trinajstić information content (AvgIpc) is 2.72. The molecular weight excluding hydrogens is 238 g/mol. The van der Waals surface area contributed by atoms with Crippen molar-refractivity contribution >= 4 is 18.2 Å². The van der Waals surface area contributed by atoms with Crippen LogP contribution in [0.25, 0.3) is 0 Å². The maximum Gasteiger partial charge on any atom is 0.253 e. The second-order valence-corrected chi connectivity index (χ2v) is 4.58. The Morgan fingerprint density at radius 3 is 2.78 bits per heavy atom. The maximum absolute atomic E-state index is 11.6. The first-order valence-electron chi connectivity index (χ1n) is 5.84. The zero-order valence-electron chi connectivity index (χ0n) is 10.5. The summed E-state index contributed by atoms with van der Waals surface area (Å²) in [4.78, 5) is 34.8. The van der Waals surface area contributed by atoms with E-state index in [9.17, 15) is 19.5 Å². The van der Waals surface area contributed by atoms with Gasteiger partial charge in [-0.15, -0.1) is 0 Å². The van der Waals surface area contributed by atoms with Crippen molar-refractivity contribution in [2.75, 3.05) is 20.6 Å². The molecule has 7 heteroatoms. The Balaban J connectivity index is 2.66. The van der Waals surface area contributed by atoms with Crippen molar-refractivity contribution in [3.05, 3.63) is 0 Å². The molecule has 3 atom stereocenters. The summed E-state index contributed by atoms with van der Waals surface area (Å²) in [6, 6.07) is -0.744. The summed E-state index contributed by atoms with van der Waals surface area (Å²) in [5.74, 6) is -0.864. The largest absolute Gasteiger partial charge is 0.381 e. The number of amides is 3. The number of nitrogens with zero attached hydrogens (tertiary/aromatic N) is 1. The van der Waals surface area contributed by atoms with E-state index in [1.54, 1.807) is 0 Å². The molecule has 3 amide bonds. The van der Waals surface area contributed by atoms with E-state index in [0.29, 0.717) is 19.4 Å². The van der Waals surface area contributed by atoms with Crippen molar-refractivity contribution < 1.29 is 19.5 Å². The molecule has 102 valence electrons. The van der Waals surface area contributed by atoms with E-state index in [4.69, 9.17) is 0 Å². The molecule has 1 heterocycles. The molecule has 0 aromatic heterocycles. The first kappa shape index (κ1) is 14.4. The number of rotatable bonds is 6. The Morgan fingerprint density at radius 2 is 2.33 bits per heavy atom. The van der Waals surface area contributed by atoms with Gasteiger partial charge >= 0.3 is 0 Å². The zero-order valence-corrected chi connectivity index (χ0v) is 10.5. The molecule has 3 N–H and O–H groups in total. The van der Waals surface area contributed by atoms with Gasteiger partial charge in [0.2, 0.25) is 12.3 Å². The van der Waals surface area contributed by atoms with Crippen LogP contribution in [0.3, 0.4) is 0 Å². The number of carbonyl (C=O) groups is 3. The standard InChI is InChI=1S/C11H19N3O4/c1-14(2)11(18)9(16)8(13-6-15)5-7-3-4-12-10(7)17/h6-9,16H,3-5H2,1-2H3,(H,12,17)(H,13,15). The van der Waals surface area contributed by atoms with Gasteiger partial charge in [0.15, 0.2) is 6.10 Å². The van der Waals surface area contributed by atoms with Crippen molar-refractivity contribution in [3.8, 4) is 0 Å². The molecular formula is C11H19N3O4. The van der Waals surface area contributed by atoms with Crippen molar-refractivity contribution in [2.24, 2.45) is 5.92 Å². The highest BCUT2D eigenvalue weighted by Gasteiger charge is 2.33. The number of aliphatic hydroxyl groups is 1. The van der Waals surface area contributed by atoms with Crippen LogP contribution in [0, 0.1) is 5.92 Å². The summed E-state index contributed by atoms with van der Waals surface area (Å²) in [6.07, 6.45) is 0.00639. The molecule has 1 saturated heterocycles. The molecule has 1 fully saturated rings. The minimum atomic E-state index is -1.33. The molecule has 0 radical (unpaired) electrons. The molecule has 0 bridgehead atoms. The van der Waals surface area contributed by atoms with Gasteiger partial charge in [-0.1, -0.05) is 0 Å². The smallest absolute Gasteiger partial charge is 0.253 e. The molecule has 0 saturated carbocycles. The number of hydrogen-bond donors (Lipinski definition) is 3. The van der Waals surface area contributed by atoms with Crippen molar-refractivity contribution in [1.82, 2.24) is 15.5 Å². The number of nitrogens with one attached hydrogen (secondary N) is 2. The fraction of sp³-hybridized carbons (Fsp3) is 0.727. The van der Waals surface area contributed by atoms with E-state index in [1.165, 1.54) is 19.0 Å². The predicted octanol–water partition coefficient (Wildman–Crippen LogP) is -1.92. The van der Waals surface area contributed by atoms with Gasteiger partial charge in [0, 0.05) is 26.6 Å². The topological polar surface area (TPSA) is 98.7 Å². The Kier molecular flexibility index (Phi) is 5.08. The zero-order chi connectivity index (χ0) is 13.7. The highest BCUT2D eigenvalue weighted by atomic mass is 16.3. The predicted molar refractivity (Wildman–Crippen MR) is 63.4 cm³/mol. The van der Waals surface area contributed by atoms with E-state index in [1.807, 2.05) is 0 Å². The quantitative estimate of drug-likeness (QED) is 0.483. The van der Waals surface area contributed by atoms with E-state index in [2.05, 4.69) is 10.6 Å². The lowest BCUT2D eigenvalue weighted by Gasteiger charge is -2.25. The Morgan fingerprint density at radius 1 is 1.67 bits per heavy atom. The highest BCUT2D eigenvalue weighted by Crippen LogP contribution is 2.18. The van der Waals surface area contributed by atoms with Gasteiger partial charge in [-0.05, 0) is 12.8 Å². The van der Waals surface area contributed by atoms with Crippen LogP contribution in [0.15, 0.2) is 0 Å². The van der Waals surface area contributed by atoms with Gasteiger partial charge in [-0.25, -0.2) is 0 Å². The van der Waals surface area contributed by atoms with E-state index < -0.39 is 18.1 Å². The molecule has 1 aliphatic heterocycles. The van der Waals surface area contributed by atoms with Gasteiger partial charge < -0.3 is 20.6 Å². The molecule has 0 aliphatic carbocycles. The summed E-state index contributed by atoms with van der Waals surface area (Å²) in [7, 11) is 3.04. The Labute approximate surface area is 106 Å². The van der Waals surface area contributed by atoms with Crippen LogP contribution < -0.4 is 10.6 Å². The van der Waals surface area contributed by atoms with Gasteiger partial charge in [0.1, 0.15) is 0 Å². The monoisotopic (exact) mass is 257 g/mol.